The van der Waals surface area contributed by atoms with Gasteiger partial charge in [0.15, 0.2) is 14.9 Å². The molecule has 12 heavy (non-hydrogen) atoms. The van der Waals surface area contributed by atoms with E-state index in [1.807, 2.05) is 0 Å². The van der Waals surface area contributed by atoms with Crippen molar-refractivity contribution in [1.82, 2.24) is 10.7 Å². The van der Waals surface area contributed by atoms with Crippen molar-refractivity contribution >= 4 is 27.2 Å². The second kappa shape index (κ2) is 3.38. The largest absolute Gasteiger partial charge is 0.335 e. The van der Waals surface area contributed by atoms with Gasteiger partial charge in [-0.2, -0.15) is 0 Å². The Morgan fingerprint density at radius 3 is 2.75 bits per heavy atom. The van der Waals surface area contributed by atoms with Crippen LogP contribution in [0.3, 0.4) is 0 Å². The normalized spacial score (nSPS) is 19.9. The first-order valence-electron chi connectivity index (χ1n) is 3.20. The number of hydrazine groups is 1. The number of hydrogen-bond acceptors (Lipinski definition) is 4. The summed E-state index contributed by atoms with van der Waals surface area (Å²) in [5, 5.41) is 2.88. The molecule has 1 aliphatic rings. The first-order valence-corrected chi connectivity index (χ1v) is 5.43. The molecule has 68 valence electrons. The molecular formula is C5H9N3O2S2. The van der Waals surface area contributed by atoms with Crippen LogP contribution in [0.5, 0.6) is 0 Å². The van der Waals surface area contributed by atoms with Crippen molar-refractivity contribution < 1.29 is 8.42 Å². The molecule has 0 radical (unpaired) electrons. The van der Waals surface area contributed by atoms with Crippen molar-refractivity contribution in [2.45, 2.75) is 0 Å². The van der Waals surface area contributed by atoms with Crippen LogP contribution in [0.1, 0.15) is 0 Å². The van der Waals surface area contributed by atoms with Crippen LogP contribution >= 0.6 is 12.2 Å². The number of nitrogens with two attached hydrogens (primary N) is 1. The van der Waals surface area contributed by atoms with Gasteiger partial charge in [0, 0.05) is 5.70 Å². The first kappa shape index (κ1) is 9.43. The van der Waals surface area contributed by atoms with E-state index in [1.165, 1.54) is 0 Å². The molecule has 0 saturated heterocycles. The Morgan fingerprint density at radius 2 is 2.33 bits per heavy atom. The second-order valence-electron chi connectivity index (χ2n) is 2.38. The van der Waals surface area contributed by atoms with Gasteiger partial charge in [-0.05, 0) is 18.3 Å². The monoisotopic (exact) mass is 207 g/mol. The maximum atomic E-state index is 10.9. The lowest BCUT2D eigenvalue weighted by molar-refractivity contribution is 0.602. The summed E-state index contributed by atoms with van der Waals surface area (Å²) in [5.41, 5.74) is 2.79. The molecule has 0 aliphatic carbocycles. The average Bonchev–Trinajstić information content (AvgIpc) is 2.30. The zero-order valence-electron chi connectivity index (χ0n) is 6.20. The maximum Gasteiger partial charge on any atom is 0.184 e. The van der Waals surface area contributed by atoms with Gasteiger partial charge in [0.25, 0.3) is 0 Å². The third-order valence-electron chi connectivity index (χ3n) is 1.36. The van der Waals surface area contributed by atoms with Crippen molar-refractivity contribution in [3.05, 3.63) is 11.8 Å². The smallest absolute Gasteiger partial charge is 0.184 e. The molecule has 5 nitrogen and oxygen atoms in total. The van der Waals surface area contributed by atoms with Gasteiger partial charge < -0.3 is 10.7 Å². The van der Waals surface area contributed by atoms with E-state index in [4.69, 9.17) is 5.84 Å². The predicted octanol–water partition coefficient (Wildman–Crippen LogP) is -1.36. The molecule has 7 heteroatoms. The minimum Gasteiger partial charge on any atom is -0.335 e. The fourth-order valence-corrected chi connectivity index (χ4v) is 2.22. The Labute approximate surface area is 75.9 Å². The number of hydrogen-bond donors (Lipinski definition) is 3. The highest BCUT2D eigenvalue weighted by molar-refractivity contribution is 7.92. The van der Waals surface area contributed by atoms with Gasteiger partial charge in [-0.15, -0.1) is 0 Å². The van der Waals surface area contributed by atoms with Crippen molar-refractivity contribution in [2.75, 3.05) is 11.5 Å². The molecule has 1 heterocycles. The summed E-state index contributed by atoms with van der Waals surface area (Å²) in [7, 11) is -2.93. The number of sulfone groups is 1. The summed E-state index contributed by atoms with van der Waals surface area (Å²) in [6.45, 7) is 0. The SMILES string of the molecule is NNC(=S)NC1=CCS(=O)(=O)C1. The molecule has 0 unspecified atom stereocenters. The summed E-state index contributed by atoms with van der Waals surface area (Å²) >= 11 is 4.68. The summed E-state index contributed by atoms with van der Waals surface area (Å²) in [4.78, 5) is 0. The Morgan fingerprint density at radius 1 is 1.67 bits per heavy atom. The van der Waals surface area contributed by atoms with E-state index >= 15 is 0 Å². The molecule has 0 aromatic heterocycles. The topological polar surface area (TPSA) is 84.2 Å². The van der Waals surface area contributed by atoms with E-state index in [0.29, 0.717) is 5.70 Å². The van der Waals surface area contributed by atoms with Gasteiger partial charge in [-0.25, -0.2) is 14.3 Å². The van der Waals surface area contributed by atoms with E-state index in [1.54, 1.807) is 6.08 Å². The molecule has 0 bridgehead atoms. The van der Waals surface area contributed by atoms with Crippen LogP contribution in [0.25, 0.3) is 0 Å². The lowest BCUT2D eigenvalue weighted by Gasteiger charge is -2.05. The Hall–Kier alpha value is -0.660. The van der Waals surface area contributed by atoms with Crippen molar-refractivity contribution in [1.29, 1.82) is 0 Å². The minimum absolute atomic E-state index is 0.00875. The van der Waals surface area contributed by atoms with Crippen LogP contribution in [-0.4, -0.2) is 25.0 Å². The van der Waals surface area contributed by atoms with Crippen LogP contribution in [0, 0.1) is 0 Å². The van der Waals surface area contributed by atoms with Crippen LogP contribution in [0.4, 0.5) is 0 Å². The lowest BCUT2D eigenvalue weighted by Crippen LogP contribution is -2.39. The molecule has 0 fully saturated rings. The minimum atomic E-state index is -2.93. The van der Waals surface area contributed by atoms with Crippen molar-refractivity contribution in [3.8, 4) is 0 Å². The summed E-state index contributed by atoms with van der Waals surface area (Å²) in [5.74, 6) is 5.07. The summed E-state index contributed by atoms with van der Waals surface area (Å²) in [6, 6.07) is 0. The van der Waals surface area contributed by atoms with Crippen LogP contribution in [0.2, 0.25) is 0 Å². The molecule has 1 aliphatic heterocycles. The Bertz CT molecular complexity index is 320. The third kappa shape index (κ3) is 2.43. The highest BCUT2D eigenvalue weighted by atomic mass is 32.2. The molecule has 0 spiro atoms. The third-order valence-corrected chi connectivity index (χ3v) is 3.01. The maximum absolute atomic E-state index is 10.9. The van der Waals surface area contributed by atoms with Crippen LogP contribution in [0.15, 0.2) is 11.8 Å². The van der Waals surface area contributed by atoms with E-state index < -0.39 is 9.84 Å². The van der Waals surface area contributed by atoms with Gasteiger partial charge in [0.05, 0.1) is 11.5 Å². The molecular weight excluding hydrogens is 198 g/mol. The highest BCUT2D eigenvalue weighted by Gasteiger charge is 2.19. The molecule has 0 amide bonds. The van der Waals surface area contributed by atoms with Gasteiger partial charge in [-0.3, -0.25) is 0 Å². The highest BCUT2D eigenvalue weighted by Crippen LogP contribution is 2.07. The quantitative estimate of drug-likeness (QED) is 0.280. The molecule has 0 atom stereocenters. The van der Waals surface area contributed by atoms with E-state index in [-0.39, 0.29) is 16.6 Å². The Balaban J connectivity index is 2.53. The fraction of sp³-hybridized carbons (Fsp3) is 0.400. The summed E-state index contributed by atoms with van der Waals surface area (Å²) in [6.07, 6.45) is 1.58. The standard InChI is InChI=1S/C5H9N3O2S2/c6-8-5(11)7-4-1-2-12(9,10)3-4/h1H,2-3,6H2,(H2,7,8,11). The van der Waals surface area contributed by atoms with Gasteiger partial charge in [0.2, 0.25) is 0 Å². The molecule has 1 rings (SSSR count). The number of nitrogens with one attached hydrogen (secondary N) is 2. The van der Waals surface area contributed by atoms with E-state index in [2.05, 4.69) is 23.0 Å². The van der Waals surface area contributed by atoms with Crippen LogP contribution in [-0.2, 0) is 9.84 Å². The van der Waals surface area contributed by atoms with Gasteiger partial charge in [0.1, 0.15) is 0 Å². The first-order chi connectivity index (χ1) is 5.53. The van der Waals surface area contributed by atoms with Crippen molar-refractivity contribution in [3.63, 3.8) is 0 Å². The van der Waals surface area contributed by atoms with Crippen molar-refractivity contribution in [2.24, 2.45) is 5.84 Å². The Kier molecular flexibility index (Phi) is 2.65. The average molecular weight is 207 g/mol. The number of thiocarbonyl (C=S) groups is 1. The lowest BCUT2D eigenvalue weighted by atomic mass is 10.5. The predicted molar refractivity (Wildman–Crippen MR) is 49.8 cm³/mol. The second-order valence-corrected chi connectivity index (χ2v) is 4.90. The van der Waals surface area contributed by atoms with Gasteiger partial charge >= 0.3 is 0 Å². The zero-order valence-corrected chi connectivity index (χ0v) is 7.83. The number of rotatable bonds is 1. The molecule has 4 N–H and O–H groups in total. The van der Waals surface area contributed by atoms with Gasteiger partial charge in [-0.1, -0.05) is 0 Å². The molecule has 0 aromatic carbocycles. The molecule has 0 aromatic rings. The van der Waals surface area contributed by atoms with E-state index in [9.17, 15) is 8.42 Å². The zero-order chi connectivity index (χ0) is 9.19. The fourth-order valence-electron chi connectivity index (χ4n) is 0.851. The van der Waals surface area contributed by atoms with Crippen LogP contribution < -0.4 is 16.6 Å². The van der Waals surface area contributed by atoms with E-state index in [0.717, 1.165) is 0 Å². The molecule has 0 saturated carbocycles. The summed E-state index contributed by atoms with van der Waals surface area (Å²) < 4.78 is 21.8.